The maximum absolute atomic E-state index is 12.0. The van der Waals surface area contributed by atoms with E-state index in [1.165, 1.54) is 0 Å². The van der Waals surface area contributed by atoms with Gasteiger partial charge in [0.15, 0.2) is 6.10 Å². The number of rotatable bonds is 12. The molecule has 2 rings (SSSR count). The number of carbonyl (C=O) groups excluding carboxylic acids is 1. The number of esters is 1. The lowest BCUT2D eigenvalue weighted by molar-refractivity contribution is -0.156. The third kappa shape index (κ3) is 7.64. The van der Waals surface area contributed by atoms with Gasteiger partial charge in [-0.25, -0.2) is 4.79 Å². The van der Waals surface area contributed by atoms with Crippen LogP contribution in [-0.2, 0) is 20.7 Å². The second kappa shape index (κ2) is 12.6. The summed E-state index contributed by atoms with van der Waals surface area (Å²) in [6.45, 7) is 6.88. The first-order chi connectivity index (χ1) is 15.0. The number of carbonyl (C=O) groups is 1. The molecule has 0 spiro atoms. The molecule has 2 aromatic rings. The van der Waals surface area contributed by atoms with Crippen molar-refractivity contribution in [2.24, 2.45) is 0 Å². The van der Waals surface area contributed by atoms with E-state index in [-0.39, 0.29) is 5.97 Å². The normalized spacial score (nSPS) is 12.2. The van der Waals surface area contributed by atoms with Crippen molar-refractivity contribution < 1.29 is 28.5 Å². The number of methoxy groups -OCH3 is 2. The Morgan fingerprint density at radius 1 is 0.935 bits per heavy atom. The molecule has 0 aliphatic rings. The highest BCUT2D eigenvalue weighted by Gasteiger charge is 2.20. The number of ether oxygens (including phenoxy) is 5. The zero-order valence-corrected chi connectivity index (χ0v) is 19.0. The molecule has 0 fully saturated rings. The third-order valence-corrected chi connectivity index (χ3v) is 4.71. The standard InChI is InChI=1S/C25H32O6/c1-6-29-24(25(26)30-7-2)14-19-8-10-21(11-9-19)31-13-12-18(3)20-15-22(27-4)17-23(16-20)28-5/h8-12,15-17,24H,6-7,13-14H2,1-5H3/b18-12+. The van der Waals surface area contributed by atoms with Gasteiger partial charge in [-0.2, -0.15) is 0 Å². The fraction of sp³-hybridized carbons (Fsp3) is 0.400. The summed E-state index contributed by atoms with van der Waals surface area (Å²) in [7, 11) is 3.27. The van der Waals surface area contributed by atoms with Gasteiger partial charge in [0.2, 0.25) is 0 Å². The summed E-state index contributed by atoms with van der Waals surface area (Å²) in [5.41, 5.74) is 3.05. The molecule has 6 heteroatoms. The third-order valence-electron chi connectivity index (χ3n) is 4.71. The van der Waals surface area contributed by atoms with E-state index in [4.69, 9.17) is 23.7 Å². The summed E-state index contributed by atoms with van der Waals surface area (Å²) in [6.07, 6.45) is 1.87. The predicted octanol–water partition coefficient (Wildman–Crippen LogP) is 4.70. The Kier molecular flexibility index (Phi) is 9.91. The lowest BCUT2D eigenvalue weighted by Crippen LogP contribution is -2.28. The molecule has 0 radical (unpaired) electrons. The van der Waals surface area contributed by atoms with Crippen LogP contribution in [0, 0.1) is 0 Å². The van der Waals surface area contributed by atoms with Crippen LogP contribution >= 0.6 is 0 Å². The zero-order valence-electron chi connectivity index (χ0n) is 19.0. The first-order valence-electron chi connectivity index (χ1n) is 10.4. The molecule has 0 heterocycles. The average Bonchev–Trinajstić information content (AvgIpc) is 2.79. The second-order valence-corrected chi connectivity index (χ2v) is 6.84. The van der Waals surface area contributed by atoms with Crippen molar-refractivity contribution in [2.75, 3.05) is 34.0 Å². The van der Waals surface area contributed by atoms with E-state index in [0.717, 1.165) is 33.9 Å². The summed E-state index contributed by atoms with van der Waals surface area (Å²) in [5, 5.41) is 0. The average molecular weight is 429 g/mol. The molecule has 0 aromatic heterocycles. The topological polar surface area (TPSA) is 63.2 Å². The molecule has 1 unspecified atom stereocenters. The van der Waals surface area contributed by atoms with E-state index in [1.807, 2.05) is 62.4 Å². The molecule has 2 aromatic carbocycles. The molecule has 0 amide bonds. The van der Waals surface area contributed by atoms with Gasteiger partial charge in [0.1, 0.15) is 23.9 Å². The first-order valence-corrected chi connectivity index (χ1v) is 10.4. The van der Waals surface area contributed by atoms with Crippen LogP contribution in [0.2, 0.25) is 0 Å². The van der Waals surface area contributed by atoms with Gasteiger partial charge in [0, 0.05) is 19.1 Å². The van der Waals surface area contributed by atoms with Gasteiger partial charge in [-0.15, -0.1) is 0 Å². The highest BCUT2D eigenvalue weighted by molar-refractivity contribution is 5.75. The van der Waals surface area contributed by atoms with E-state index >= 15 is 0 Å². The molecule has 6 nitrogen and oxygen atoms in total. The predicted molar refractivity (Wildman–Crippen MR) is 121 cm³/mol. The Balaban J connectivity index is 1.96. The van der Waals surface area contributed by atoms with Crippen molar-refractivity contribution in [3.8, 4) is 17.2 Å². The summed E-state index contributed by atoms with van der Waals surface area (Å²) >= 11 is 0. The summed E-state index contributed by atoms with van der Waals surface area (Å²) in [5.74, 6) is 1.90. The Bertz CT molecular complexity index is 835. The smallest absolute Gasteiger partial charge is 0.335 e. The van der Waals surface area contributed by atoms with Gasteiger partial charge in [-0.3, -0.25) is 0 Å². The van der Waals surface area contributed by atoms with Gasteiger partial charge >= 0.3 is 5.97 Å². The summed E-state index contributed by atoms with van der Waals surface area (Å²) in [6, 6.07) is 13.4. The zero-order chi connectivity index (χ0) is 22.6. The van der Waals surface area contributed by atoms with Crippen LogP contribution in [-0.4, -0.2) is 46.1 Å². The molecule has 0 saturated heterocycles. The number of hydrogen-bond donors (Lipinski definition) is 0. The minimum absolute atomic E-state index is 0.334. The molecular formula is C25H32O6. The summed E-state index contributed by atoms with van der Waals surface area (Å²) < 4.78 is 27.1. The fourth-order valence-electron chi connectivity index (χ4n) is 3.00. The van der Waals surface area contributed by atoms with E-state index in [9.17, 15) is 4.79 Å². The van der Waals surface area contributed by atoms with Crippen LogP contribution in [0.15, 0.2) is 48.5 Å². The van der Waals surface area contributed by atoms with Gasteiger partial charge in [-0.1, -0.05) is 12.1 Å². The minimum atomic E-state index is -0.595. The van der Waals surface area contributed by atoms with E-state index < -0.39 is 6.10 Å². The highest BCUT2D eigenvalue weighted by atomic mass is 16.6. The molecule has 0 aliphatic carbocycles. The van der Waals surface area contributed by atoms with Crippen LogP contribution in [0.3, 0.4) is 0 Å². The van der Waals surface area contributed by atoms with E-state index in [0.29, 0.717) is 26.2 Å². The van der Waals surface area contributed by atoms with Crippen LogP contribution in [0.5, 0.6) is 17.2 Å². The number of benzene rings is 2. The van der Waals surface area contributed by atoms with Gasteiger partial charge < -0.3 is 23.7 Å². The maximum atomic E-state index is 12.0. The Morgan fingerprint density at radius 2 is 1.58 bits per heavy atom. The van der Waals surface area contributed by atoms with Crippen molar-refractivity contribution in [1.82, 2.24) is 0 Å². The molecular weight excluding hydrogens is 396 g/mol. The molecule has 168 valence electrons. The molecule has 0 bridgehead atoms. The van der Waals surface area contributed by atoms with Crippen LogP contribution in [0.4, 0.5) is 0 Å². The van der Waals surface area contributed by atoms with Crippen molar-refractivity contribution in [3.05, 3.63) is 59.7 Å². The van der Waals surface area contributed by atoms with Crippen LogP contribution in [0.25, 0.3) is 5.57 Å². The molecule has 31 heavy (non-hydrogen) atoms. The molecule has 0 N–H and O–H groups in total. The minimum Gasteiger partial charge on any atom is -0.497 e. The van der Waals surface area contributed by atoms with Gasteiger partial charge in [-0.05, 0) is 67.8 Å². The van der Waals surface area contributed by atoms with Crippen molar-refractivity contribution in [3.63, 3.8) is 0 Å². The van der Waals surface area contributed by atoms with Gasteiger partial charge in [0.05, 0.1) is 20.8 Å². The van der Waals surface area contributed by atoms with E-state index in [2.05, 4.69) is 0 Å². The van der Waals surface area contributed by atoms with Crippen molar-refractivity contribution in [2.45, 2.75) is 33.3 Å². The fourth-order valence-corrected chi connectivity index (χ4v) is 3.00. The lowest BCUT2D eigenvalue weighted by Gasteiger charge is -2.15. The monoisotopic (exact) mass is 428 g/mol. The van der Waals surface area contributed by atoms with Crippen molar-refractivity contribution in [1.29, 1.82) is 0 Å². The second-order valence-electron chi connectivity index (χ2n) is 6.84. The lowest BCUT2D eigenvalue weighted by atomic mass is 10.1. The summed E-state index contributed by atoms with van der Waals surface area (Å²) in [4.78, 5) is 12.0. The SMILES string of the molecule is CCOC(=O)C(Cc1ccc(OC/C=C(\C)c2cc(OC)cc(OC)c2)cc1)OCC. The Hall–Kier alpha value is -2.99. The largest absolute Gasteiger partial charge is 0.497 e. The quantitative estimate of drug-likeness (QED) is 0.457. The molecule has 1 atom stereocenters. The highest BCUT2D eigenvalue weighted by Crippen LogP contribution is 2.27. The van der Waals surface area contributed by atoms with Crippen LogP contribution < -0.4 is 14.2 Å². The Labute approximate surface area is 184 Å². The Morgan fingerprint density at radius 3 is 2.13 bits per heavy atom. The van der Waals surface area contributed by atoms with Crippen LogP contribution in [0.1, 0.15) is 31.9 Å². The number of allylic oxidation sites excluding steroid dienone is 1. The maximum Gasteiger partial charge on any atom is 0.335 e. The number of hydrogen-bond acceptors (Lipinski definition) is 6. The molecule has 0 saturated carbocycles. The van der Waals surface area contributed by atoms with Gasteiger partial charge in [0.25, 0.3) is 0 Å². The van der Waals surface area contributed by atoms with Crippen molar-refractivity contribution >= 4 is 11.5 Å². The first kappa shape index (κ1) is 24.3. The van der Waals surface area contributed by atoms with E-state index in [1.54, 1.807) is 21.1 Å². The molecule has 0 aliphatic heterocycles.